The van der Waals surface area contributed by atoms with Gasteiger partial charge in [0.25, 0.3) is 0 Å². The van der Waals surface area contributed by atoms with E-state index in [4.69, 9.17) is 11.6 Å². The molecule has 0 unspecified atom stereocenters. The number of rotatable bonds is 7. The van der Waals surface area contributed by atoms with Crippen molar-refractivity contribution in [1.29, 1.82) is 0 Å². The quantitative estimate of drug-likeness (QED) is 0.613. The highest BCUT2D eigenvalue weighted by Gasteiger charge is 2.08. The third-order valence-electron chi connectivity index (χ3n) is 3.95. The number of halogens is 1. The van der Waals surface area contributed by atoms with Gasteiger partial charge in [-0.1, -0.05) is 30.2 Å². The first-order valence-corrected chi connectivity index (χ1v) is 8.56. The molecule has 0 saturated carbocycles. The molecule has 1 aliphatic rings. The van der Waals surface area contributed by atoms with E-state index < -0.39 is 0 Å². The third-order valence-corrected chi connectivity index (χ3v) is 4.20. The fourth-order valence-corrected chi connectivity index (χ4v) is 2.79. The van der Waals surface area contributed by atoms with Gasteiger partial charge in [-0.2, -0.15) is 0 Å². The molecular weight excluding hydrogens is 296 g/mol. The number of nitrogens with zero attached hydrogens (tertiary/aromatic N) is 1. The monoisotopic (exact) mass is 320 g/mol. The average Bonchev–Trinajstić information content (AvgIpc) is 2.55. The van der Waals surface area contributed by atoms with Crippen molar-refractivity contribution in [3.8, 4) is 0 Å². The molecule has 1 heterocycles. The topological polar surface area (TPSA) is 32.3 Å². The average molecular weight is 321 g/mol. The van der Waals surface area contributed by atoms with Crippen LogP contribution in [0.3, 0.4) is 0 Å². The Morgan fingerprint density at radius 1 is 1.14 bits per heavy atom. The van der Waals surface area contributed by atoms with Crippen LogP contribution in [-0.2, 0) is 4.79 Å². The zero-order valence-electron chi connectivity index (χ0n) is 13.1. The Kier molecular flexibility index (Phi) is 7.47. The van der Waals surface area contributed by atoms with Crippen molar-refractivity contribution < 1.29 is 4.79 Å². The number of hydrogen-bond acceptors (Lipinski definition) is 2. The van der Waals surface area contributed by atoms with Crippen LogP contribution in [0, 0.1) is 0 Å². The van der Waals surface area contributed by atoms with E-state index in [1.807, 2.05) is 24.3 Å². The number of carbonyl (C=O) groups is 1. The van der Waals surface area contributed by atoms with Crippen LogP contribution in [-0.4, -0.2) is 37.0 Å². The molecule has 3 nitrogen and oxygen atoms in total. The fourth-order valence-electron chi connectivity index (χ4n) is 2.66. The number of nitrogens with one attached hydrogen (secondary N) is 1. The van der Waals surface area contributed by atoms with Crippen molar-refractivity contribution in [2.45, 2.75) is 32.1 Å². The Morgan fingerprint density at radius 2 is 1.86 bits per heavy atom. The first kappa shape index (κ1) is 17.0. The molecule has 2 rings (SSSR count). The van der Waals surface area contributed by atoms with Gasteiger partial charge in [0.2, 0.25) is 5.91 Å². The van der Waals surface area contributed by atoms with Crippen LogP contribution in [0.25, 0.3) is 6.08 Å². The van der Waals surface area contributed by atoms with E-state index in [1.165, 1.54) is 32.4 Å². The van der Waals surface area contributed by atoms with Gasteiger partial charge in [0.05, 0.1) is 0 Å². The second-order valence-electron chi connectivity index (χ2n) is 5.79. The Balaban J connectivity index is 1.56. The molecule has 0 radical (unpaired) electrons. The molecule has 1 aliphatic heterocycles. The Bertz CT molecular complexity index is 478. The lowest BCUT2D eigenvalue weighted by Crippen LogP contribution is -2.31. The maximum absolute atomic E-state index is 11.7. The third kappa shape index (κ3) is 6.63. The second kappa shape index (κ2) is 9.65. The fraction of sp³-hybridized carbons (Fsp3) is 0.500. The van der Waals surface area contributed by atoms with Gasteiger partial charge in [0, 0.05) is 17.6 Å². The highest BCUT2D eigenvalue weighted by molar-refractivity contribution is 6.30. The molecule has 120 valence electrons. The molecule has 4 heteroatoms. The summed E-state index contributed by atoms with van der Waals surface area (Å²) in [4.78, 5) is 14.2. The van der Waals surface area contributed by atoms with Crippen molar-refractivity contribution in [2.24, 2.45) is 0 Å². The normalized spacial score (nSPS) is 16.0. The van der Waals surface area contributed by atoms with Crippen molar-refractivity contribution in [1.82, 2.24) is 10.2 Å². The predicted molar refractivity (Wildman–Crippen MR) is 93.0 cm³/mol. The van der Waals surface area contributed by atoms with Crippen molar-refractivity contribution in [3.05, 3.63) is 40.9 Å². The van der Waals surface area contributed by atoms with Crippen molar-refractivity contribution in [2.75, 3.05) is 26.2 Å². The molecule has 1 N–H and O–H groups in total. The molecule has 1 amide bonds. The summed E-state index contributed by atoms with van der Waals surface area (Å²) in [5.41, 5.74) is 0.977. The zero-order chi connectivity index (χ0) is 15.6. The number of piperidine rings is 1. The van der Waals surface area contributed by atoms with Crippen LogP contribution in [0.4, 0.5) is 0 Å². The number of unbranched alkanes of at least 4 members (excludes halogenated alkanes) is 1. The lowest BCUT2D eigenvalue weighted by molar-refractivity contribution is -0.116. The molecule has 0 aromatic heterocycles. The Hall–Kier alpha value is -1.32. The summed E-state index contributed by atoms with van der Waals surface area (Å²) in [7, 11) is 0. The van der Waals surface area contributed by atoms with Crippen LogP contribution < -0.4 is 5.32 Å². The Morgan fingerprint density at radius 3 is 2.59 bits per heavy atom. The largest absolute Gasteiger partial charge is 0.353 e. The summed E-state index contributed by atoms with van der Waals surface area (Å²) >= 11 is 5.82. The van der Waals surface area contributed by atoms with Gasteiger partial charge in [-0.25, -0.2) is 0 Å². The standard InChI is InChI=1S/C18H25ClN2O/c19-17-9-6-16(7-10-17)8-11-18(22)20-12-2-5-15-21-13-3-1-4-14-21/h6-11H,1-5,12-15H2,(H,20,22)/b11-8+. The van der Waals surface area contributed by atoms with Gasteiger partial charge in [-0.3, -0.25) is 4.79 Å². The zero-order valence-corrected chi connectivity index (χ0v) is 13.8. The van der Waals surface area contributed by atoms with Gasteiger partial charge < -0.3 is 10.2 Å². The molecule has 1 fully saturated rings. The van der Waals surface area contributed by atoms with Crippen LogP contribution >= 0.6 is 11.6 Å². The summed E-state index contributed by atoms with van der Waals surface area (Å²) in [5, 5.41) is 3.64. The van der Waals surface area contributed by atoms with Gasteiger partial charge in [-0.05, 0) is 69.1 Å². The minimum absolute atomic E-state index is 0.0343. The highest BCUT2D eigenvalue weighted by atomic mass is 35.5. The first-order valence-electron chi connectivity index (χ1n) is 8.18. The summed E-state index contributed by atoms with van der Waals surface area (Å²) in [6, 6.07) is 7.43. The van der Waals surface area contributed by atoms with Gasteiger partial charge >= 0.3 is 0 Å². The van der Waals surface area contributed by atoms with Crippen LogP contribution in [0.2, 0.25) is 5.02 Å². The molecule has 1 saturated heterocycles. The maximum atomic E-state index is 11.7. The van der Waals surface area contributed by atoms with Crippen molar-refractivity contribution in [3.63, 3.8) is 0 Å². The lowest BCUT2D eigenvalue weighted by atomic mass is 10.1. The van der Waals surface area contributed by atoms with E-state index in [1.54, 1.807) is 12.2 Å². The van der Waals surface area contributed by atoms with E-state index in [0.29, 0.717) is 5.02 Å². The minimum atomic E-state index is -0.0343. The number of amides is 1. The minimum Gasteiger partial charge on any atom is -0.353 e. The van der Waals surface area contributed by atoms with E-state index in [-0.39, 0.29) is 5.91 Å². The molecule has 0 bridgehead atoms. The van der Waals surface area contributed by atoms with Crippen LogP contribution in [0.5, 0.6) is 0 Å². The van der Waals surface area contributed by atoms with E-state index in [0.717, 1.165) is 31.5 Å². The smallest absolute Gasteiger partial charge is 0.243 e. The number of carbonyl (C=O) groups excluding carboxylic acids is 1. The van der Waals surface area contributed by atoms with Gasteiger partial charge in [-0.15, -0.1) is 0 Å². The molecular formula is C18H25ClN2O. The van der Waals surface area contributed by atoms with Crippen LogP contribution in [0.15, 0.2) is 30.3 Å². The summed E-state index contributed by atoms with van der Waals surface area (Å²) < 4.78 is 0. The molecule has 22 heavy (non-hydrogen) atoms. The predicted octanol–water partition coefficient (Wildman–Crippen LogP) is 3.74. The molecule has 0 spiro atoms. The van der Waals surface area contributed by atoms with E-state index >= 15 is 0 Å². The molecule has 0 atom stereocenters. The first-order chi connectivity index (χ1) is 10.7. The van der Waals surface area contributed by atoms with Gasteiger partial charge in [0.15, 0.2) is 0 Å². The molecule has 0 aliphatic carbocycles. The lowest BCUT2D eigenvalue weighted by Gasteiger charge is -2.26. The van der Waals surface area contributed by atoms with Gasteiger partial charge in [0.1, 0.15) is 0 Å². The maximum Gasteiger partial charge on any atom is 0.243 e. The number of benzene rings is 1. The SMILES string of the molecule is O=C(/C=C/c1ccc(Cl)cc1)NCCCCN1CCCCC1. The number of hydrogen-bond donors (Lipinski definition) is 1. The second-order valence-corrected chi connectivity index (χ2v) is 6.22. The summed E-state index contributed by atoms with van der Waals surface area (Å²) in [5.74, 6) is -0.0343. The van der Waals surface area contributed by atoms with Crippen molar-refractivity contribution >= 4 is 23.6 Å². The number of likely N-dealkylation sites (tertiary alicyclic amines) is 1. The van der Waals surface area contributed by atoms with E-state index in [2.05, 4.69) is 10.2 Å². The Labute approximate surface area is 138 Å². The summed E-state index contributed by atoms with van der Waals surface area (Å²) in [6.07, 6.45) is 9.64. The molecule has 1 aromatic rings. The molecule has 1 aromatic carbocycles. The summed E-state index contributed by atoms with van der Waals surface area (Å²) in [6.45, 7) is 4.40. The van der Waals surface area contributed by atoms with E-state index in [9.17, 15) is 4.79 Å². The van der Waals surface area contributed by atoms with Crippen LogP contribution in [0.1, 0.15) is 37.7 Å². The highest BCUT2D eigenvalue weighted by Crippen LogP contribution is 2.10.